The lowest BCUT2D eigenvalue weighted by atomic mass is 10.0. The minimum Gasteiger partial charge on any atom is -0.355 e. The SMILES string of the molecule is CN=C(NCCNS(=O)(=O)c1cccc([N+](=O)[O-])c1)N1CCC(c2cnn(C)c2)C1.I. The first-order chi connectivity index (χ1) is 14.3. The molecule has 0 radical (unpaired) electrons. The van der Waals surface area contributed by atoms with Gasteiger partial charge in [-0.1, -0.05) is 6.07 Å². The number of hydrogen-bond acceptors (Lipinski definition) is 6. The van der Waals surface area contributed by atoms with Crippen molar-refractivity contribution in [2.75, 3.05) is 33.2 Å². The lowest BCUT2D eigenvalue weighted by Crippen LogP contribution is -2.43. The molecule has 0 bridgehead atoms. The first-order valence-electron chi connectivity index (χ1n) is 9.48. The standard InChI is InChI=1S/C18H25N7O4S.HI/c1-19-18(24-9-6-14(13-24)15-11-21-23(2)12-15)20-7-8-22-30(28,29)17-5-3-4-16(10-17)25(26)27;/h3-5,10-12,14,22H,6-9,13H2,1-2H3,(H,19,20);1H. The van der Waals surface area contributed by atoms with Crippen LogP contribution in [0.4, 0.5) is 5.69 Å². The summed E-state index contributed by atoms with van der Waals surface area (Å²) in [6.45, 7) is 2.10. The number of aromatic nitrogens is 2. The van der Waals surface area contributed by atoms with Crippen molar-refractivity contribution in [2.24, 2.45) is 12.0 Å². The van der Waals surface area contributed by atoms with Gasteiger partial charge >= 0.3 is 0 Å². The number of aryl methyl sites for hydroxylation is 1. The topological polar surface area (TPSA) is 135 Å². The Hall–Kier alpha value is -2.26. The molecular formula is C18H26IN7O4S. The number of rotatable bonds is 7. The van der Waals surface area contributed by atoms with Crippen molar-refractivity contribution in [3.05, 3.63) is 52.3 Å². The molecule has 1 unspecified atom stereocenters. The highest BCUT2D eigenvalue weighted by molar-refractivity contribution is 14.0. The van der Waals surface area contributed by atoms with Gasteiger partial charge in [-0.05, 0) is 18.1 Å². The number of non-ortho nitro benzene ring substituents is 1. The maximum atomic E-state index is 12.4. The second-order valence-corrected chi connectivity index (χ2v) is 8.77. The van der Waals surface area contributed by atoms with Crippen LogP contribution in [0.3, 0.4) is 0 Å². The number of nitrogens with zero attached hydrogens (tertiary/aromatic N) is 5. The van der Waals surface area contributed by atoms with Crippen LogP contribution in [0.2, 0.25) is 0 Å². The van der Waals surface area contributed by atoms with E-state index in [0.29, 0.717) is 18.4 Å². The second kappa shape index (κ2) is 10.9. The van der Waals surface area contributed by atoms with E-state index >= 15 is 0 Å². The van der Waals surface area contributed by atoms with Gasteiger partial charge in [0.1, 0.15) is 0 Å². The fourth-order valence-electron chi connectivity index (χ4n) is 3.42. The van der Waals surface area contributed by atoms with Crippen LogP contribution in [0.15, 0.2) is 46.5 Å². The lowest BCUT2D eigenvalue weighted by Gasteiger charge is -2.21. The first-order valence-corrected chi connectivity index (χ1v) is 11.0. The van der Waals surface area contributed by atoms with Crippen molar-refractivity contribution in [1.82, 2.24) is 24.7 Å². The summed E-state index contributed by atoms with van der Waals surface area (Å²) in [6.07, 6.45) is 4.89. The van der Waals surface area contributed by atoms with Crippen LogP contribution in [0.25, 0.3) is 0 Å². The summed E-state index contributed by atoms with van der Waals surface area (Å²) in [4.78, 5) is 16.5. The lowest BCUT2D eigenvalue weighted by molar-refractivity contribution is -0.385. The van der Waals surface area contributed by atoms with Crippen LogP contribution < -0.4 is 10.0 Å². The van der Waals surface area contributed by atoms with E-state index in [0.717, 1.165) is 25.6 Å². The van der Waals surface area contributed by atoms with Crippen molar-refractivity contribution in [1.29, 1.82) is 0 Å². The quantitative estimate of drug-likeness (QED) is 0.130. The molecule has 1 saturated heterocycles. The van der Waals surface area contributed by atoms with Gasteiger partial charge in [0, 0.05) is 64.5 Å². The average Bonchev–Trinajstić information content (AvgIpc) is 3.37. The first kappa shape index (κ1) is 25.0. The summed E-state index contributed by atoms with van der Waals surface area (Å²) in [5.74, 6) is 1.08. The summed E-state index contributed by atoms with van der Waals surface area (Å²) in [5, 5.41) is 18.2. The number of aliphatic imine (C=N–C) groups is 1. The molecule has 2 heterocycles. The van der Waals surface area contributed by atoms with Crippen molar-refractivity contribution in [2.45, 2.75) is 17.2 Å². The molecule has 3 rings (SSSR count). The van der Waals surface area contributed by atoms with Gasteiger partial charge in [-0.15, -0.1) is 24.0 Å². The summed E-state index contributed by atoms with van der Waals surface area (Å²) in [5.41, 5.74) is 0.925. The Labute approximate surface area is 198 Å². The molecule has 1 atom stereocenters. The van der Waals surface area contributed by atoms with Gasteiger partial charge in [0.25, 0.3) is 5.69 Å². The van der Waals surface area contributed by atoms with E-state index < -0.39 is 14.9 Å². The molecule has 0 spiro atoms. The molecule has 2 N–H and O–H groups in total. The van der Waals surface area contributed by atoms with Gasteiger partial charge in [-0.25, -0.2) is 13.1 Å². The second-order valence-electron chi connectivity index (χ2n) is 7.01. The third kappa shape index (κ3) is 6.36. The molecule has 1 aliphatic heterocycles. The largest absolute Gasteiger partial charge is 0.355 e. The molecule has 0 saturated carbocycles. The molecular weight excluding hydrogens is 537 g/mol. The van der Waals surface area contributed by atoms with E-state index in [9.17, 15) is 18.5 Å². The predicted molar refractivity (Wildman–Crippen MR) is 127 cm³/mol. The number of hydrogen-bond donors (Lipinski definition) is 2. The van der Waals surface area contributed by atoms with Gasteiger partial charge in [0.15, 0.2) is 5.96 Å². The number of likely N-dealkylation sites (tertiary alicyclic amines) is 1. The molecule has 1 aromatic carbocycles. The van der Waals surface area contributed by atoms with E-state index in [1.165, 1.54) is 23.8 Å². The molecule has 1 aromatic heterocycles. The van der Waals surface area contributed by atoms with Gasteiger partial charge in [0.2, 0.25) is 10.0 Å². The van der Waals surface area contributed by atoms with Crippen molar-refractivity contribution < 1.29 is 13.3 Å². The van der Waals surface area contributed by atoms with Crippen molar-refractivity contribution >= 4 is 45.6 Å². The third-order valence-corrected chi connectivity index (χ3v) is 6.39. The van der Waals surface area contributed by atoms with Crippen LogP contribution in [0, 0.1) is 10.1 Å². The Bertz CT molecular complexity index is 1040. The fraction of sp³-hybridized carbons (Fsp3) is 0.444. The van der Waals surface area contributed by atoms with Gasteiger partial charge in [-0.3, -0.25) is 19.8 Å². The van der Waals surface area contributed by atoms with Gasteiger partial charge in [-0.2, -0.15) is 5.10 Å². The zero-order valence-corrected chi connectivity index (χ0v) is 20.4. The van der Waals surface area contributed by atoms with Crippen LogP contribution in [0.1, 0.15) is 17.9 Å². The average molecular weight is 563 g/mol. The van der Waals surface area contributed by atoms with Crippen LogP contribution >= 0.6 is 24.0 Å². The molecule has 0 amide bonds. The van der Waals surface area contributed by atoms with E-state index in [1.54, 1.807) is 11.7 Å². The van der Waals surface area contributed by atoms with Crippen molar-refractivity contribution in [3.63, 3.8) is 0 Å². The predicted octanol–water partition coefficient (Wildman–Crippen LogP) is 1.29. The molecule has 11 nitrogen and oxygen atoms in total. The van der Waals surface area contributed by atoms with Crippen LogP contribution in [-0.2, 0) is 17.1 Å². The van der Waals surface area contributed by atoms with E-state index in [1.807, 2.05) is 19.4 Å². The maximum Gasteiger partial charge on any atom is 0.270 e. The Kier molecular flexibility index (Phi) is 8.76. The van der Waals surface area contributed by atoms with Gasteiger partial charge < -0.3 is 10.2 Å². The fourth-order valence-corrected chi connectivity index (χ4v) is 4.49. The summed E-state index contributed by atoms with van der Waals surface area (Å²) in [6, 6.07) is 4.96. The van der Waals surface area contributed by atoms with E-state index in [-0.39, 0.29) is 41.1 Å². The highest BCUT2D eigenvalue weighted by atomic mass is 127. The number of nitrogens with one attached hydrogen (secondary N) is 2. The normalized spacial score (nSPS) is 16.8. The van der Waals surface area contributed by atoms with Crippen molar-refractivity contribution in [3.8, 4) is 0 Å². The molecule has 1 fully saturated rings. The summed E-state index contributed by atoms with van der Waals surface area (Å²) in [7, 11) is -0.258. The van der Waals surface area contributed by atoms with Crippen LogP contribution in [0.5, 0.6) is 0 Å². The zero-order valence-electron chi connectivity index (χ0n) is 17.3. The zero-order chi connectivity index (χ0) is 21.7. The highest BCUT2D eigenvalue weighted by Gasteiger charge is 2.27. The smallest absolute Gasteiger partial charge is 0.270 e. The Morgan fingerprint density at radius 1 is 1.39 bits per heavy atom. The molecule has 31 heavy (non-hydrogen) atoms. The number of guanidine groups is 1. The molecule has 13 heteroatoms. The molecule has 1 aliphatic rings. The van der Waals surface area contributed by atoms with Crippen LogP contribution in [-0.4, -0.2) is 67.2 Å². The van der Waals surface area contributed by atoms with Gasteiger partial charge in [0.05, 0.1) is 16.0 Å². The maximum absolute atomic E-state index is 12.4. The molecule has 170 valence electrons. The Morgan fingerprint density at radius 3 is 2.81 bits per heavy atom. The third-order valence-electron chi connectivity index (χ3n) is 4.93. The summed E-state index contributed by atoms with van der Waals surface area (Å²) < 4.78 is 29.0. The highest BCUT2D eigenvalue weighted by Crippen LogP contribution is 2.26. The Morgan fingerprint density at radius 2 is 2.16 bits per heavy atom. The molecule has 2 aromatic rings. The minimum absolute atomic E-state index is 0. The van der Waals surface area contributed by atoms with E-state index in [2.05, 4.69) is 25.0 Å². The molecule has 0 aliphatic carbocycles. The monoisotopic (exact) mass is 563 g/mol. The number of benzene rings is 1. The Balaban J connectivity index is 0.00000341. The minimum atomic E-state index is -3.84. The number of sulfonamides is 1. The number of nitro benzene ring substituents is 1. The van der Waals surface area contributed by atoms with E-state index in [4.69, 9.17) is 0 Å². The number of nitro groups is 1. The summed E-state index contributed by atoms with van der Waals surface area (Å²) >= 11 is 0. The number of halogens is 1.